The lowest BCUT2D eigenvalue weighted by Crippen LogP contribution is -2.53. The summed E-state index contributed by atoms with van der Waals surface area (Å²) in [4.78, 5) is 28.8. The van der Waals surface area contributed by atoms with E-state index < -0.39 is 34.3 Å². The van der Waals surface area contributed by atoms with E-state index in [1.807, 2.05) is 6.92 Å². The van der Waals surface area contributed by atoms with Crippen molar-refractivity contribution in [1.29, 1.82) is 0 Å². The fourth-order valence-electron chi connectivity index (χ4n) is 5.05. The van der Waals surface area contributed by atoms with Crippen LogP contribution in [-0.4, -0.2) is 50.9 Å². The van der Waals surface area contributed by atoms with E-state index >= 15 is 0 Å². The third-order valence-electron chi connectivity index (χ3n) is 7.63. The van der Waals surface area contributed by atoms with Crippen molar-refractivity contribution in [3.8, 4) is 5.75 Å². The Morgan fingerprint density at radius 1 is 0.952 bits per heavy atom. The summed E-state index contributed by atoms with van der Waals surface area (Å²) in [7, 11) is -2.66. The molecular weight excluding hydrogens is 557 g/mol. The van der Waals surface area contributed by atoms with Crippen LogP contribution in [0.15, 0.2) is 77.7 Å². The van der Waals surface area contributed by atoms with Crippen LogP contribution in [0.5, 0.6) is 5.75 Å². The fraction of sp³-hybridized carbons (Fsp3) is 0.375. The van der Waals surface area contributed by atoms with E-state index in [0.717, 1.165) is 42.0 Å². The molecule has 0 aliphatic heterocycles. The standard InChI is InChI=1S/C32H38FN3O5S/c1-23-9-19-30(20-10-23)42(39,40)36(28-15-17-29(41-3)18-16-28)22-31(37)35(21-25-11-13-26(33)14-12-25)24(2)32(38)34-27-7-5-4-6-8-27/h9-20,24,27H,4-8,21-22H2,1-3H3,(H,34,38)/t24-/m1/s1. The van der Waals surface area contributed by atoms with E-state index in [1.54, 1.807) is 55.5 Å². The van der Waals surface area contributed by atoms with Gasteiger partial charge >= 0.3 is 0 Å². The SMILES string of the molecule is COc1ccc(N(CC(=O)N(Cc2ccc(F)cc2)[C@H](C)C(=O)NC2CCCCC2)S(=O)(=O)c2ccc(C)cc2)cc1. The van der Waals surface area contributed by atoms with Crippen LogP contribution in [-0.2, 0) is 26.2 Å². The zero-order valence-corrected chi connectivity index (χ0v) is 25.1. The number of aryl methyl sites for hydroxylation is 1. The molecule has 4 rings (SSSR count). The minimum atomic E-state index is -4.17. The van der Waals surface area contributed by atoms with Gasteiger partial charge in [-0.3, -0.25) is 13.9 Å². The smallest absolute Gasteiger partial charge is 0.264 e. The normalized spacial score (nSPS) is 14.6. The van der Waals surface area contributed by atoms with Gasteiger partial charge in [0.25, 0.3) is 10.0 Å². The molecule has 10 heteroatoms. The number of amides is 2. The highest BCUT2D eigenvalue weighted by Crippen LogP contribution is 2.27. The molecule has 0 aromatic heterocycles. The first-order chi connectivity index (χ1) is 20.1. The lowest BCUT2D eigenvalue weighted by molar-refractivity contribution is -0.139. The predicted octanol–water partition coefficient (Wildman–Crippen LogP) is 5.20. The Morgan fingerprint density at radius 3 is 2.17 bits per heavy atom. The number of sulfonamides is 1. The Labute approximate surface area is 247 Å². The Kier molecular flexibility index (Phi) is 10.2. The third kappa shape index (κ3) is 7.67. The van der Waals surface area contributed by atoms with Gasteiger partial charge in [-0.1, -0.05) is 49.1 Å². The minimum Gasteiger partial charge on any atom is -0.497 e. The molecule has 1 N–H and O–H groups in total. The summed E-state index contributed by atoms with van der Waals surface area (Å²) >= 11 is 0. The number of hydrogen-bond donors (Lipinski definition) is 1. The van der Waals surface area contributed by atoms with Gasteiger partial charge in [-0.05, 0) is 80.8 Å². The van der Waals surface area contributed by atoms with Crippen molar-refractivity contribution in [2.24, 2.45) is 0 Å². The van der Waals surface area contributed by atoms with Crippen LogP contribution in [0, 0.1) is 12.7 Å². The van der Waals surface area contributed by atoms with E-state index in [4.69, 9.17) is 4.74 Å². The molecule has 0 saturated heterocycles. The van der Waals surface area contributed by atoms with E-state index in [9.17, 15) is 22.4 Å². The fourth-order valence-corrected chi connectivity index (χ4v) is 6.47. The van der Waals surface area contributed by atoms with Crippen molar-refractivity contribution in [1.82, 2.24) is 10.2 Å². The van der Waals surface area contributed by atoms with Gasteiger partial charge in [-0.25, -0.2) is 12.8 Å². The van der Waals surface area contributed by atoms with Crippen molar-refractivity contribution in [3.05, 3.63) is 89.7 Å². The highest BCUT2D eigenvalue weighted by molar-refractivity contribution is 7.92. The number of nitrogens with zero attached hydrogens (tertiary/aromatic N) is 2. The van der Waals surface area contributed by atoms with Crippen LogP contribution < -0.4 is 14.4 Å². The molecule has 3 aromatic rings. The first-order valence-electron chi connectivity index (χ1n) is 14.2. The second-order valence-corrected chi connectivity index (χ2v) is 12.6. The average Bonchev–Trinajstić information content (AvgIpc) is 3.00. The van der Waals surface area contributed by atoms with Gasteiger partial charge in [-0.2, -0.15) is 0 Å². The zero-order valence-electron chi connectivity index (χ0n) is 24.3. The Balaban J connectivity index is 1.67. The van der Waals surface area contributed by atoms with Gasteiger partial charge in [0, 0.05) is 12.6 Å². The summed E-state index contributed by atoms with van der Waals surface area (Å²) in [6.45, 7) is 2.93. The summed E-state index contributed by atoms with van der Waals surface area (Å²) in [6, 6.07) is 17.6. The van der Waals surface area contributed by atoms with Gasteiger partial charge in [0.1, 0.15) is 24.2 Å². The Morgan fingerprint density at radius 2 is 1.57 bits per heavy atom. The zero-order chi connectivity index (χ0) is 30.3. The molecule has 0 unspecified atom stereocenters. The van der Waals surface area contributed by atoms with Gasteiger partial charge in [0.2, 0.25) is 11.8 Å². The van der Waals surface area contributed by atoms with Gasteiger partial charge in [0.15, 0.2) is 0 Å². The molecule has 224 valence electrons. The molecule has 1 saturated carbocycles. The first-order valence-corrected chi connectivity index (χ1v) is 15.6. The number of nitrogens with one attached hydrogen (secondary N) is 1. The van der Waals surface area contributed by atoms with Crippen LogP contribution >= 0.6 is 0 Å². The molecule has 2 amide bonds. The van der Waals surface area contributed by atoms with Crippen LogP contribution in [0.1, 0.15) is 50.2 Å². The Bertz CT molecular complexity index is 1460. The van der Waals surface area contributed by atoms with Crippen molar-refractivity contribution < 1.29 is 27.1 Å². The molecular formula is C32H38FN3O5S. The lowest BCUT2D eigenvalue weighted by atomic mass is 9.95. The van der Waals surface area contributed by atoms with Crippen molar-refractivity contribution in [2.45, 2.75) is 69.5 Å². The molecule has 0 spiro atoms. The number of ether oxygens (including phenoxy) is 1. The van der Waals surface area contributed by atoms with Crippen LogP contribution in [0.25, 0.3) is 0 Å². The maximum atomic E-state index is 14.0. The number of methoxy groups -OCH3 is 1. The predicted molar refractivity (Wildman–Crippen MR) is 160 cm³/mol. The van der Waals surface area contributed by atoms with Crippen molar-refractivity contribution in [3.63, 3.8) is 0 Å². The van der Waals surface area contributed by atoms with E-state index in [2.05, 4.69) is 5.32 Å². The number of hydrogen-bond acceptors (Lipinski definition) is 5. The molecule has 1 atom stereocenters. The van der Waals surface area contributed by atoms with Gasteiger partial charge < -0.3 is 15.0 Å². The molecule has 8 nitrogen and oxygen atoms in total. The van der Waals surface area contributed by atoms with Gasteiger partial charge in [0.05, 0.1) is 17.7 Å². The molecule has 1 fully saturated rings. The summed E-state index contributed by atoms with van der Waals surface area (Å²) < 4.78 is 47.8. The maximum Gasteiger partial charge on any atom is 0.264 e. The van der Waals surface area contributed by atoms with E-state index in [0.29, 0.717) is 11.3 Å². The Hall–Kier alpha value is -3.92. The number of carbonyl (C=O) groups is 2. The highest BCUT2D eigenvalue weighted by atomic mass is 32.2. The number of benzene rings is 3. The molecule has 3 aromatic carbocycles. The monoisotopic (exact) mass is 595 g/mol. The third-order valence-corrected chi connectivity index (χ3v) is 9.42. The number of rotatable bonds is 11. The van der Waals surface area contributed by atoms with Crippen LogP contribution in [0.4, 0.5) is 10.1 Å². The second kappa shape index (κ2) is 13.8. The minimum absolute atomic E-state index is 0.000597. The molecule has 0 bridgehead atoms. The quantitative estimate of drug-likeness (QED) is 0.329. The molecule has 0 heterocycles. The molecule has 1 aliphatic carbocycles. The molecule has 1 aliphatic rings. The lowest BCUT2D eigenvalue weighted by Gasteiger charge is -2.33. The van der Waals surface area contributed by atoms with Crippen LogP contribution in [0.2, 0.25) is 0 Å². The van der Waals surface area contributed by atoms with Crippen molar-refractivity contribution >= 4 is 27.5 Å². The summed E-state index contributed by atoms with van der Waals surface area (Å²) in [6.07, 6.45) is 4.96. The highest BCUT2D eigenvalue weighted by Gasteiger charge is 2.33. The maximum absolute atomic E-state index is 14.0. The molecule has 42 heavy (non-hydrogen) atoms. The van der Waals surface area contributed by atoms with Crippen LogP contribution in [0.3, 0.4) is 0 Å². The average molecular weight is 596 g/mol. The largest absolute Gasteiger partial charge is 0.497 e. The van der Waals surface area contributed by atoms with Crippen molar-refractivity contribution in [2.75, 3.05) is 18.0 Å². The summed E-state index contributed by atoms with van der Waals surface area (Å²) in [5.74, 6) is -0.773. The first kappa shape index (κ1) is 31.0. The number of carbonyl (C=O) groups excluding carboxylic acids is 2. The number of anilines is 1. The number of halogens is 1. The van der Waals surface area contributed by atoms with Gasteiger partial charge in [-0.15, -0.1) is 0 Å². The van der Waals surface area contributed by atoms with E-state index in [-0.39, 0.29) is 29.1 Å². The second-order valence-electron chi connectivity index (χ2n) is 10.7. The summed E-state index contributed by atoms with van der Waals surface area (Å²) in [5.41, 5.74) is 1.77. The van der Waals surface area contributed by atoms with E-state index in [1.165, 1.54) is 36.3 Å². The topological polar surface area (TPSA) is 96.0 Å². The summed E-state index contributed by atoms with van der Waals surface area (Å²) in [5, 5.41) is 3.07. The molecule has 0 radical (unpaired) electrons.